The molecule has 4 amide bonds. The van der Waals surface area contributed by atoms with Crippen LogP contribution >= 0.6 is 0 Å². The number of amides is 4. The number of benzene rings is 1. The van der Waals surface area contributed by atoms with E-state index in [0.29, 0.717) is 6.42 Å². The number of carbonyl (C=O) groups excluding carboxylic acids is 3. The van der Waals surface area contributed by atoms with Gasteiger partial charge in [-0.25, -0.2) is 13.6 Å². The van der Waals surface area contributed by atoms with Crippen LogP contribution in [0.4, 0.5) is 19.3 Å². The van der Waals surface area contributed by atoms with Gasteiger partial charge in [0, 0.05) is 11.8 Å². The van der Waals surface area contributed by atoms with E-state index in [-0.39, 0.29) is 5.69 Å². The third kappa shape index (κ3) is 5.24. The van der Waals surface area contributed by atoms with Gasteiger partial charge < -0.3 is 10.6 Å². The first-order valence-electron chi connectivity index (χ1n) is 9.16. The van der Waals surface area contributed by atoms with Gasteiger partial charge >= 0.3 is 6.03 Å². The second kappa shape index (κ2) is 8.92. The van der Waals surface area contributed by atoms with Crippen LogP contribution in [0, 0.1) is 11.6 Å². The zero-order valence-corrected chi connectivity index (χ0v) is 15.6. The third-order valence-corrected chi connectivity index (χ3v) is 4.63. The fourth-order valence-electron chi connectivity index (χ4n) is 3.06. The normalized spacial score (nSPS) is 19.3. The SMILES string of the molecule is CCCCCCCC1(C)NC(=O)N(CC(=O)Nc2ccc(F)c(F)c2)C1=O. The number of hydrogen-bond donors (Lipinski definition) is 2. The minimum atomic E-state index is -1.10. The van der Waals surface area contributed by atoms with E-state index >= 15 is 0 Å². The Morgan fingerprint density at radius 2 is 1.85 bits per heavy atom. The van der Waals surface area contributed by atoms with Crippen molar-refractivity contribution in [2.24, 2.45) is 0 Å². The molecule has 27 heavy (non-hydrogen) atoms. The molecule has 1 unspecified atom stereocenters. The van der Waals surface area contributed by atoms with Crippen molar-refractivity contribution in [3.8, 4) is 0 Å². The molecule has 0 saturated carbocycles. The summed E-state index contributed by atoms with van der Waals surface area (Å²) >= 11 is 0. The quantitative estimate of drug-likeness (QED) is 0.507. The standard InChI is InChI=1S/C19H25F2N3O3/c1-3-4-5-6-7-10-19(2)17(26)24(18(27)23-19)12-16(25)22-13-8-9-14(20)15(21)11-13/h8-9,11H,3-7,10,12H2,1-2H3,(H,22,25)(H,23,27). The summed E-state index contributed by atoms with van der Waals surface area (Å²) in [4.78, 5) is 37.7. The predicted molar refractivity (Wildman–Crippen MR) is 97.0 cm³/mol. The van der Waals surface area contributed by atoms with E-state index in [0.717, 1.165) is 49.1 Å². The molecule has 1 aliphatic rings. The molecule has 2 rings (SSSR count). The Balaban J connectivity index is 1.91. The monoisotopic (exact) mass is 381 g/mol. The van der Waals surface area contributed by atoms with Crippen molar-refractivity contribution in [2.75, 3.05) is 11.9 Å². The summed E-state index contributed by atoms with van der Waals surface area (Å²) in [5.74, 6) is -3.25. The van der Waals surface area contributed by atoms with Gasteiger partial charge in [-0.3, -0.25) is 14.5 Å². The highest BCUT2D eigenvalue weighted by Crippen LogP contribution is 2.24. The lowest BCUT2D eigenvalue weighted by atomic mass is 9.94. The maximum absolute atomic E-state index is 13.2. The van der Waals surface area contributed by atoms with Gasteiger partial charge in [-0.1, -0.05) is 39.0 Å². The zero-order valence-electron chi connectivity index (χ0n) is 15.6. The number of carbonyl (C=O) groups is 3. The van der Waals surface area contributed by atoms with E-state index in [4.69, 9.17) is 0 Å². The molecule has 0 spiro atoms. The third-order valence-electron chi connectivity index (χ3n) is 4.63. The molecule has 8 heteroatoms. The number of nitrogens with one attached hydrogen (secondary N) is 2. The molecular formula is C19H25F2N3O3. The number of imide groups is 1. The van der Waals surface area contributed by atoms with Gasteiger partial charge in [0.05, 0.1) is 0 Å². The Labute approximate surface area is 157 Å². The predicted octanol–water partition coefficient (Wildman–Crippen LogP) is 3.57. The van der Waals surface area contributed by atoms with Crippen molar-refractivity contribution >= 4 is 23.5 Å². The molecule has 0 aliphatic carbocycles. The highest BCUT2D eigenvalue weighted by atomic mass is 19.2. The first kappa shape index (κ1) is 20.8. The fraction of sp³-hybridized carbons (Fsp3) is 0.526. The summed E-state index contributed by atoms with van der Waals surface area (Å²) in [5.41, 5.74) is -0.976. The Morgan fingerprint density at radius 1 is 1.15 bits per heavy atom. The molecule has 0 bridgehead atoms. The van der Waals surface area contributed by atoms with Crippen molar-refractivity contribution in [2.45, 2.75) is 57.9 Å². The van der Waals surface area contributed by atoms with Crippen molar-refractivity contribution < 1.29 is 23.2 Å². The van der Waals surface area contributed by atoms with E-state index in [1.54, 1.807) is 6.92 Å². The van der Waals surface area contributed by atoms with Crippen LogP contribution in [0.25, 0.3) is 0 Å². The van der Waals surface area contributed by atoms with Gasteiger partial charge in [0.2, 0.25) is 5.91 Å². The topological polar surface area (TPSA) is 78.5 Å². The fourth-order valence-corrected chi connectivity index (χ4v) is 3.06. The minimum Gasteiger partial charge on any atom is -0.324 e. The smallest absolute Gasteiger partial charge is 0.324 e. The van der Waals surface area contributed by atoms with Gasteiger partial charge in [-0.2, -0.15) is 0 Å². The number of unbranched alkanes of at least 4 members (excludes halogenated alkanes) is 4. The van der Waals surface area contributed by atoms with Crippen LogP contribution in [-0.4, -0.2) is 34.8 Å². The highest BCUT2D eigenvalue weighted by molar-refractivity contribution is 6.09. The summed E-state index contributed by atoms with van der Waals surface area (Å²) in [6.07, 6.45) is 5.61. The lowest BCUT2D eigenvalue weighted by molar-refractivity contribution is -0.133. The van der Waals surface area contributed by atoms with Crippen LogP contribution in [-0.2, 0) is 9.59 Å². The molecule has 1 aliphatic heterocycles. The van der Waals surface area contributed by atoms with Gasteiger partial charge in [-0.15, -0.1) is 0 Å². The van der Waals surface area contributed by atoms with Crippen LogP contribution in [0.3, 0.4) is 0 Å². The number of urea groups is 1. The summed E-state index contributed by atoms with van der Waals surface area (Å²) in [6.45, 7) is 3.28. The van der Waals surface area contributed by atoms with Crippen molar-refractivity contribution in [3.63, 3.8) is 0 Å². The van der Waals surface area contributed by atoms with Crippen LogP contribution in [0.2, 0.25) is 0 Å². The summed E-state index contributed by atoms with van der Waals surface area (Å²) in [5, 5.41) is 5.01. The van der Waals surface area contributed by atoms with Crippen molar-refractivity contribution in [1.29, 1.82) is 0 Å². The van der Waals surface area contributed by atoms with Crippen LogP contribution in [0.1, 0.15) is 52.4 Å². The Kier molecular flexibility index (Phi) is 6.87. The van der Waals surface area contributed by atoms with Crippen LogP contribution in [0.5, 0.6) is 0 Å². The first-order valence-corrected chi connectivity index (χ1v) is 9.16. The van der Waals surface area contributed by atoms with E-state index in [9.17, 15) is 23.2 Å². The average molecular weight is 381 g/mol. The number of anilines is 1. The molecule has 1 saturated heterocycles. The number of halogens is 2. The van der Waals surface area contributed by atoms with Crippen LogP contribution < -0.4 is 10.6 Å². The molecule has 1 heterocycles. The minimum absolute atomic E-state index is 0.0460. The molecule has 1 atom stereocenters. The molecule has 1 fully saturated rings. The second-order valence-electron chi connectivity index (χ2n) is 6.99. The van der Waals surface area contributed by atoms with Gasteiger partial charge in [0.25, 0.3) is 5.91 Å². The number of hydrogen-bond acceptors (Lipinski definition) is 3. The molecule has 0 radical (unpaired) electrons. The molecule has 148 valence electrons. The van der Waals surface area contributed by atoms with E-state index in [2.05, 4.69) is 17.6 Å². The van der Waals surface area contributed by atoms with Crippen molar-refractivity contribution in [3.05, 3.63) is 29.8 Å². The Morgan fingerprint density at radius 3 is 2.52 bits per heavy atom. The van der Waals surface area contributed by atoms with Gasteiger partial charge in [-0.05, 0) is 25.5 Å². The Bertz CT molecular complexity index is 726. The summed E-state index contributed by atoms with van der Waals surface area (Å²) in [7, 11) is 0. The zero-order chi connectivity index (χ0) is 20.0. The first-order chi connectivity index (χ1) is 12.8. The molecule has 1 aromatic carbocycles. The van der Waals surface area contributed by atoms with Gasteiger partial charge in [0.1, 0.15) is 12.1 Å². The number of rotatable bonds is 9. The maximum atomic E-state index is 13.2. The lowest BCUT2D eigenvalue weighted by Crippen LogP contribution is -2.44. The molecular weight excluding hydrogens is 356 g/mol. The highest BCUT2D eigenvalue weighted by Gasteiger charge is 2.47. The van der Waals surface area contributed by atoms with E-state index in [1.165, 1.54) is 6.07 Å². The molecule has 1 aromatic rings. The Hall–Kier alpha value is -2.51. The lowest BCUT2D eigenvalue weighted by Gasteiger charge is -2.21. The van der Waals surface area contributed by atoms with Crippen molar-refractivity contribution in [1.82, 2.24) is 10.2 Å². The van der Waals surface area contributed by atoms with Crippen LogP contribution in [0.15, 0.2) is 18.2 Å². The van der Waals surface area contributed by atoms with Gasteiger partial charge in [0.15, 0.2) is 11.6 Å². The van der Waals surface area contributed by atoms with E-state index in [1.807, 2.05) is 0 Å². The molecule has 0 aromatic heterocycles. The number of nitrogens with zero attached hydrogens (tertiary/aromatic N) is 1. The molecule has 6 nitrogen and oxygen atoms in total. The van der Waals surface area contributed by atoms with E-state index < -0.39 is 41.6 Å². The second-order valence-corrected chi connectivity index (χ2v) is 6.99. The summed E-state index contributed by atoms with van der Waals surface area (Å²) < 4.78 is 26.1. The summed E-state index contributed by atoms with van der Waals surface area (Å²) in [6, 6.07) is 2.28. The largest absolute Gasteiger partial charge is 0.325 e. The molecule has 2 N–H and O–H groups in total. The maximum Gasteiger partial charge on any atom is 0.325 e. The average Bonchev–Trinajstić information content (AvgIpc) is 2.81.